The van der Waals surface area contributed by atoms with E-state index < -0.39 is 5.82 Å². The maximum Gasteiger partial charge on any atom is 0.167 e. The van der Waals surface area contributed by atoms with E-state index in [9.17, 15) is 4.39 Å². The number of nitrogen functional groups attached to an aromatic ring is 1. The van der Waals surface area contributed by atoms with E-state index in [1.807, 2.05) is 37.3 Å². The molecular formula is C15H17FN2O. The molecule has 3 nitrogen and oxygen atoms in total. The Morgan fingerprint density at radius 2 is 1.89 bits per heavy atom. The third-order valence-corrected chi connectivity index (χ3v) is 3.00. The van der Waals surface area contributed by atoms with E-state index in [0.29, 0.717) is 11.4 Å². The average Bonchev–Trinajstić information content (AvgIpc) is 2.42. The van der Waals surface area contributed by atoms with Gasteiger partial charge in [-0.15, -0.1) is 0 Å². The SMILES string of the molecule is COc1cc(NC(C)c2ccccc2)c(N)cc1F. The van der Waals surface area contributed by atoms with Crippen LogP contribution in [0.4, 0.5) is 15.8 Å². The summed E-state index contributed by atoms with van der Waals surface area (Å²) in [6.45, 7) is 2.02. The Balaban J connectivity index is 2.24. The van der Waals surface area contributed by atoms with Crippen molar-refractivity contribution in [1.82, 2.24) is 0 Å². The molecule has 0 heterocycles. The number of nitrogens with one attached hydrogen (secondary N) is 1. The van der Waals surface area contributed by atoms with E-state index in [4.69, 9.17) is 10.5 Å². The molecule has 0 saturated carbocycles. The van der Waals surface area contributed by atoms with Gasteiger partial charge in [0.25, 0.3) is 0 Å². The Hall–Kier alpha value is -2.23. The molecule has 1 atom stereocenters. The van der Waals surface area contributed by atoms with E-state index >= 15 is 0 Å². The number of methoxy groups -OCH3 is 1. The van der Waals surface area contributed by atoms with Gasteiger partial charge in [-0.1, -0.05) is 30.3 Å². The van der Waals surface area contributed by atoms with E-state index in [1.54, 1.807) is 6.07 Å². The van der Waals surface area contributed by atoms with Gasteiger partial charge in [0.1, 0.15) is 0 Å². The Kier molecular flexibility index (Phi) is 3.90. The Bertz CT molecular complexity index is 558. The van der Waals surface area contributed by atoms with Gasteiger partial charge < -0.3 is 15.8 Å². The summed E-state index contributed by atoms with van der Waals surface area (Å²) < 4.78 is 18.4. The van der Waals surface area contributed by atoms with Crippen molar-refractivity contribution in [2.24, 2.45) is 0 Å². The minimum Gasteiger partial charge on any atom is -0.494 e. The second-order valence-corrected chi connectivity index (χ2v) is 4.35. The Morgan fingerprint density at radius 3 is 2.53 bits per heavy atom. The number of halogens is 1. The van der Waals surface area contributed by atoms with E-state index in [0.717, 1.165) is 5.56 Å². The molecule has 0 aliphatic rings. The first-order valence-electron chi connectivity index (χ1n) is 6.06. The molecule has 1 unspecified atom stereocenters. The zero-order chi connectivity index (χ0) is 13.8. The fourth-order valence-corrected chi connectivity index (χ4v) is 1.91. The predicted molar refractivity (Wildman–Crippen MR) is 75.8 cm³/mol. The minimum atomic E-state index is -0.460. The second-order valence-electron chi connectivity index (χ2n) is 4.35. The second kappa shape index (κ2) is 5.61. The molecule has 0 spiro atoms. The smallest absolute Gasteiger partial charge is 0.167 e. The zero-order valence-electron chi connectivity index (χ0n) is 11.0. The predicted octanol–water partition coefficient (Wildman–Crippen LogP) is 3.59. The molecule has 0 fully saturated rings. The number of rotatable bonds is 4. The van der Waals surface area contributed by atoms with Crippen LogP contribution in [0.3, 0.4) is 0 Å². The summed E-state index contributed by atoms with van der Waals surface area (Å²) in [7, 11) is 1.43. The van der Waals surface area contributed by atoms with Crippen LogP contribution in [-0.2, 0) is 0 Å². The van der Waals surface area contributed by atoms with Gasteiger partial charge in [0.15, 0.2) is 11.6 Å². The standard InChI is InChI=1S/C15H17FN2O/c1-10(11-6-4-3-5-7-11)18-14-9-15(19-2)12(16)8-13(14)17/h3-10,18H,17H2,1-2H3. The minimum absolute atomic E-state index is 0.0682. The number of hydrogen-bond donors (Lipinski definition) is 2. The molecule has 100 valence electrons. The molecule has 0 saturated heterocycles. The van der Waals surface area contributed by atoms with Gasteiger partial charge in [0.2, 0.25) is 0 Å². The largest absolute Gasteiger partial charge is 0.494 e. The van der Waals surface area contributed by atoms with Crippen LogP contribution in [0.5, 0.6) is 5.75 Å². The number of nitrogens with two attached hydrogens (primary N) is 1. The van der Waals surface area contributed by atoms with Crippen molar-refractivity contribution in [2.45, 2.75) is 13.0 Å². The molecule has 2 aromatic rings. The van der Waals surface area contributed by atoms with Crippen LogP contribution in [0.1, 0.15) is 18.5 Å². The normalized spacial score (nSPS) is 11.9. The first-order valence-corrected chi connectivity index (χ1v) is 6.06. The van der Waals surface area contributed by atoms with Crippen LogP contribution in [0.25, 0.3) is 0 Å². The third-order valence-electron chi connectivity index (χ3n) is 3.00. The molecule has 0 radical (unpaired) electrons. The number of hydrogen-bond acceptors (Lipinski definition) is 3. The van der Waals surface area contributed by atoms with Crippen molar-refractivity contribution in [1.29, 1.82) is 0 Å². The molecule has 0 aliphatic heterocycles. The average molecular weight is 260 g/mol. The first kappa shape index (κ1) is 13.2. The third kappa shape index (κ3) is 2.96. The highest BCUT2D eigenvalue weighted by Crippen LogP contribution is 2.30. The van der Waals surface area contributed by atoms with Crippen LogP contribution >= 0.6 is 0 Å². The molecule has 0 bridgehead atoms. The molecule has 0 aromatic heterocycles. The van der Waals surface area contributed by atoms with Gasteiger partial charge in [0.05, 0.1) is 18.5 Å². The summed E-state index contributed by atoms with van der Waals surface area (Å²) >= 11 is 0. The molecular weight excluding hydrogens is 243 g/mol. The zero-order valence-corrected chi connectivity index (χ0v) is 11.0. The van der Waals surface area contributed by atoms with E-state index in [-0.39, 0.29) is 11.8 Å². The monoisotopic (exact) mass is 260 g/mol. The van der Waals surface area contributed by atoms with Crippen LogP contribution in [0, 0.1) is 5.82 Å². The summed E-state index contributed by atoms with van der Waals surface area (Å²) in [6.07, 6.45) is 0. The lowest BCUT2D eigenvalue weighted by atomic mass is 10.1. The fraction of sp³-hybridized carbons (Fsp3) is 0.200. The topological polar surface area (TPSA) is 47.3 Å². The highest BCUT2D eigenvalue weighted by molar-refractivity contribution is 5.69. The van der Waals surface area contributed by atoms with Gasteiger partial charge in [-0.3, -0.25) is 0 Å². The van der Waals surface area contributed by atoms with Gasteiger partial charge in [-0.25, -0.2) is 4.39 Å². The van der Waals surface area contributed by atoms with Crippen LogP contribution in [0.2, 0.25) is 0 Å². The van der Waals surface area contributed by atoms with Crippen LogP contribution in [0.15, 0.2) is 42.5 Å². The maximum atomic E-state index is 13.5. The molecule has 4 heteroatoms. The van der Waals surface area contributed by atoms with Crippen molar-refractivity contribution in [3.05, 3.63) is 53.8 Å². The van der Waals surface area contributed by atoms with Gasteiger partial charge >= 0.3 is 0 Å². The van der Waals surface area contributed by atoms with Crippen LogP contribution < -0.4 is 15.8 Å². The summed E-state index contributed by atoms with van der Waals surface area (Å²) in [4.78, 5) is 0. The number of ether oxygens (including phenoxy) is 1. The lowest BCUT2D eigenvalue weighted by molar-refractivity contribution is 0.387. The molecule has 19 heavy (non-hydrogen) atoms. The van der Waals surface area contributed by atoms with Gasteiger partial charge in [-0.2, -0.15) is 0 Å². The molecule has 2 rings (SSSR count). The van der Waals surface area contributed by atoms with Crippen molar-refractivity contribution in [3.8, 4) is 5.75 Å². The van der Waals surface area contributed by atoms with Gasteiger partial charge in [-0.05, 0) is 12.5 Å². The molecule has 0 amide bonds. The number of anilines is 2. The Labute approximate surface area is 112 Å². The molecule has 0 aliphatic carbocycles. The quantitative estimate of drug-likeness (QED) is 0.826. The number of benzene rings is 2. The molecule has 3 N–H and O–H groups in total. The molecule has 2 aromatic carbocycles. The van der Waals surface area contributed by atoms with E-state index in [2.05, 4.69) is 5.32 Å². The summed E-state index contributed by atoms with van der Waals surface area (Å²) in [5.41, 5.74) is 7.97. The first-order chi connectivity index (χ1) is 9.11. The van der Waals surface area contributed by atoms with E-state index in [1.165, 1.54) is 13.2 Å². The lowest BCUT2D eigenvalue weighted by Crippen LogP contribution is -2.09. The van der Waals surface area contributed by atoms with Crippen LogP contribution in [-0.4, -0.2) is 7.11 Å². The van der Waals surface area contributed by atoms with Crippen molar-refractivity contribution in [3.63, 3.8) is 0 Å². The lowest BCUT2D eigenvalue weighted by Gasteiger charge is -2.18. The highest BCUT2D eigenvalue weighted by Gasteiger charge is 2.11. The summed E-state index contributed by atoms with van der Waals surface area (Å²) in [5, 5.41) is 3.26. The van der Waals surface area contributed by atoms with Gasteiger partial charge in [0, 0.05) is 18.2 Å². The van der Waals surface area contributed by atoms with Crippen molar-refractivity contribution in [2.75, 3.05) is 18.2 Å². The van der Waals surface area contributed by atoms with Crippen molar-refractivity contribution >= 4 is 11.4 Å². The summed E-state index contributed by atoms with van der Waals surface area (Å²) in [5.74, 6) is -0.283. The highest BCUT2D eigenvalue weighted by atomic mass is 19.1. The maximum absolute atomic E-state index is 13.5. The summed E-state index contributed by atoms with van der Waals surface area (Å²) in [6, 6.07) is 12.9. The Morgan fingerprint density at radius 1 is 1.21 bits per heavy atom. The fourth-order valence-electron chi connectivity index (χ4n) is 1.91. The van der Waals surface area contributed by atoms with Crippen molar-refractivity contribution < 1.29 is 9.13 Å².